The van der Waals surface area contributed by atoms with Crippen molar-refractivity contribution < 1.29 is 14.2 Å². The van der Waals surface area contributed by atoms with Crippen LogP contribution < -0.4 is 15.3 Å². The van der Waals surface area contributed by atoms with Gasteiger partial charge in [0.25, 0.3) is 0 Å². The number of ether oxygens (including phenoxy) is 3. The molecule has 158 valence electrons. The van der Waals surface area contributed by atoms with E-state index < -0.39 is 0 Å². The molecule has 2 aromatic carbocycles. The predicted molar refractivity (Wildman–Crippen MR) is 119 cm³/mol. The van der Waals surface area contributed by atoms with Gasteiger partial charge in [0.15, 0.2) is 11.5 Å². The number of methoxy groups -OCH3 is 1. The van der Waals surface area contributed by atoms with Gasteiger partial charge in [0.05, 0.1) is 12.6 Å². The largest absolute Gasteiger partial charge is 0.490 e. The monoisotopic (exact) mass is 462 g/mol. The first-order chi connectivity index (χ1) is 13.9. The van der Waals surface area contributed by atoms with Crippen molar-refractivity contribution in [3.63, 3.8) is 0 Å². The number of hydrogen-bond acceptors (Lipinski definition) is 5. The first kappa shape index (κ1) is 22.1. The van der Waals surface area contributed by atoms with E-state index in [1.807, 2.05) is 29.3 Å². The molecule has 0 aromatic heterocycles. The van der Waals surface area contributed by atoms with E-state index in [1.165, 1.54) is 0 Å². The maximum absolute atomic E-state index is 6.44. The molecule has 1 heterocycles. The summed E-state index contributed by atoms with van der Waals surface area (Å²) in [6, 6.07) is 14.3. The molecule has 1 aliphatic rings. The summed E-state index contributed by atoms with van der Waals surface area (Å²) in [6.45, 7) is 6.08. The number of hydrogen-bond donors (Lipinski definition) is 1. The second-order valence-corrected chi connectivity index (χ2v) is 8.92. The Balaban J connectivity index is 1.83. The highest BCUT2D eigenvalue weighted by molar-refractivity contribution is 9.10. The van der Waals surface area contributed by atoms with Crippen LogP contribution in [0.2, 0.25) is 0 Å². The Labute approximate surface area is 182 Å². The molecule has 1 fully saturated rings. The lowest BCUT2D eigenvalue weighted by atomic mass is 10.0. The minimum absolute atomic E-state index is 0.0218. The Kier molecular flexibility index (Phi) is 7.57. The highest BCUT2D eigenvalue weighted by atomic mass is 79.9. The molecule has 29 heavy (non-hydrogen) atoms. The quantitative estimate of drug-likeness (QED) is 0.408. The molecule has 1 saturated heterocycles. The molecule has 2 aromatic rings. The van der Waals surface area contributed by atoms with Crippen LogP contribution in [-0.2, 0) is 11.3 Å². The Morgan fingerprint density at radius 1 is 1.10 bits per heavy atom. The maximum atomic E-state index is 6.44. The Morgan fingerprint density at radius 3 is 2.48 bits per heavy atom. The summed E-state index contributed by atoms with van der Waals surface area (Å²) in [5.74, 6) is 7.91. The number of benzene rings is 2. The predicted octanol–water partition coefficient (Wildman–Crippen LogP) is 5.23. The van der Waals surface area contributed by atoms with Crippen LogP contribution in [0.15, 0.2) is 46.9 Å². The van der Waals surface area contributed by atoms with Crippen LogP contribution in [-0.4, -0.2) is 30.9 Å². The molecule has 0 saturated carbocycles. The average Bonchev–Trinajstić information content (AvgIpc) is 2.98. The van der Waals surface area contributed by atoms with E-state index >= 15 is 0 Å². The molecule has 1 unspecified atom stereocenters. The van der Waals surface area contributed by atoms with Gasteiger partial charge in [-0.05, 0) is 49.9 Å². The fraction of sp³-hybridized carbons (Fsp3) is 0.478. The van der Waals surface area contributed by atoms with Crippen molar-refractivity contribution in [2.75, 3.05) is 20.3 Å². The zero-order chi connectivity index (χ0) is 20.9. The summed E-state index contributed by atoms with van der Waals surface area (Å²) < 4.78 is 18.3. The summed E-state index contributed by atoms with van der Waals surface area (Å²) in [5.41, 5.74) is 2.22. The molecule has 6 heteroatoms. The molecular formula is C23H31BrN2O3. The average molecular weight is 463 g/mol. The van der Waals surface area contributed by atoms with Crippen molar-refractivity contribution in [3.05, 3.63) is 58.1 Å². The lowest BCUT2D eigenvalue weighted by Crippen LogP contribution is -2.44. The summed E-state index contributed by atoms with van der Waals surface area (Å²) in [4.78, 5) is 0. The molecule has 3 rings (SSSR count). The highest BCUT2D eigenvalue weighted by Crippen LogP contribution is 2.45. The molecule has 0 amide bonds. The van der Waals surface area contributed by atoms with Gasteiger partial charge in [-0.25, -0.2) is 5.01 Å². The zero-order valence-corrected chi connectivity index (χ0v) is 19.1. The Bertz CT molecular complexity index is 798. The lowest BCUT2D eigenvalue weighted by molar-refractivity contribution is 0.130. The number of halogens is 1. The summed E-state index contributed by atoms with van der Waals surface area (Å²) >= 11 is 3.74. The fourth-order valence-electron chi connectivity index (χ4n) is 3.64. The zero-order valence-electron chi connectivity index (χ0n) is 17.5. The van der Waals surface area contributed by atoms with Gasteiger partial charge in [-0.3, -0.25) is 5.84 Å². The molecule has 0 radical (unpaired) electrons. The second kappa shape index (κ2) is 9.94. The number of rotatable bonds is 9. The van der Waals surface area contributed by atoms with E-state index in [9.17, 15) is 0 Å². The SMILES string of the molecule is COCCCOc1cc(C2CCC(C)(C)N2N)c(Br)cc1OCc1ccccc1. The number of nitrogens with zero attached hydrogens (tertiary/aromatic N) is 1. The van der Waals surface area contributed by atoms with Crippen molar-refractivity contribution in [3.8, 4) is 11.5 Å². The Morgan fingerprint density at radius 2 is 1.83 bits per heavy atom. The van der Waals surface area contributed by atoms with Gasteiger partial charge in [-0.2, -0.15) is 0 Å². The standard InChI is InChI=1S/C23H31BrN2O3/c1-23(2)11-10-20(26(23)25)18-14-21(28-13-7-12-27-3)22(15-19(18)24)29-16-17-8-5-4-6-9-17/h4-6,8-9,14-15,20H,7,10-13,16,25H2,1-3H3. The van der Waals surface area contributed by atoms with Crippen molar-refractivity contribution in [2.24, 2.45) is 5.84 Å². The third-order valence-corrected chi connectivity index (χ3v) is 6.16. The first-order valence-electron chi connectivity index (χ1n) is 10.1. The highest BCUT2D eigenvalue weighted by Gasteiger charge is 2.39. The number of hydrazine groups is 1. The van der Waals surface area contributed by atoms with Crippen LogP contribution in [0.4, 0.5) is 0 Å². The van der Waals surface area contributed by atoms with Crippen LogP contribution in [0.5, 0.6) is 11.5 Å². The van der Waals surface area contributed by atoms with E-state index in [0.29, 0.717) is 19.8 Å². The van der Waals surface area contributed by atoms with Crippen LogP contribution in [0.1, 0.15) is 50.3 Å². The molecule has 0 aliphatic carbocycles. The van der Waals surface area contributed by atoms with Crippen LogP contribution in [0.25, 0.3) is 0 Å². The summed E-state index contributed by atoms with van der Waals surface area (Å²) in [6.07, 6.45) is 2.88. The maximum Gasteiger partial charge on any atom is 0.162 e. The molecule has 5 nitrogen and oxygen atoms in total. The topological polar surface area (TPSA) is 57.0 Å². The third-order valence-electron chi connectivity index (χ3n) is 5.47. The third kappa shape index (κ3) is 5.51. The molecule has 0 bridgehead atoms. The van der Waals surface area contributed by atoms with Crippen LogP contribution >= 0.6 is 15.9 Å². The van der Waals surface area contributed by atoms with E-state index in [1.54, 1.807) is 7.11 Å². The molecule has 0 spiro atoms. The van der Waals surface area contributed by atoms with Crippen molar-refractivity contribution in [1.82, 2.24) is 5.01 Å². The van der Waals surface area contributed by atoms with Gasteiger partial charge in [-0.15, -0.1) is 0 Å². The minimum Gasteiger partial charge on any atom is -0.490 e. The second-order valence-electron chi connectivity index (χ2n) is 8.06. The lowest BCUT2D eigenvalue weighted by Gasteiger charge is -2.32. The van der Waals surface area contributed by atoms with Gasteiger partial charge >= 0.3 is 0 Å². The number of nitrogens with two attached hydrogens (primary N) is 1. The van der Waals surface area contributed by atoms with Crippen LogP contribution in [0.3, 0.4) is 0 Å². The van der Waals surface area contributed by atoms with Crippen LogP contribution in [0, 0.1) is 0 Å². The van der Waals surface area contributed by atoms with Gasteiger partial charge in [0.2, 0.25) is 0 Å². The van der Waals surface area contributed by atoms with Crippen molar-refractivity contribution in [2.45, 2.75) is 51.3 Å². The van der Waals surface area contributed by atoms with Gasteiger partial charge in [0, 0.05) is 30.1 Å². The van der Waals surface area contributed by atoms with E-state index in [-0.39, 0.29) is 11.6 Å². The molecule has 2 N–H and O–H groups in total. The molecule has 1 aliphatic heterocycles. The Hall–Kier alpha value is -1.60. The summed E-state index contributed by atoms with van der Waals surface area (Å²) in [7, 11) is 1.70. The van der Waals surface area contributed by atoms with Gasteiger partial charge < -0.3 is 14.2 Å². The summed E-state index contributed by atoms with van der Waals surface area (Å²) in [5, 5.41) is 1.96. The normalized spacial score (nSPS) is 18.7. The molecular weight excluding hydrogens is 432 g/mol. The van der Waals surface area contributed by atoms with E-state index in [2.05, 4.69) is 48.0 Å². The van der Waals surface area contributed by atoms with Gasteiger partial charge in [0.1, 0.15) is 6.61 Å². The van der Waals surface area contributed by atoms with Crippen molar-refractivity contribution >= 4 is 15.9 Å². The first-order valence-corrected chi connectivity index (χ1v) is 10.9. The van der Waals surface area contributed by atoms with Crippen molar-refractivity contribution in [1.29, 1.82) is 0 Å². The van der Waals surface area contributed by atoms with E-state index in [0.717, 1.165) is 46.4 Å². The smallest absolute Gasteiger partial charge is 0.162 e. The van der Waals surface area contributed by atoms with E-state index in [4.69, 9.17) is 20.1 Å². The molecule has 1 atom stereocenters. The minimum atomic E-state index is -0.0218. The van der Waals surface area contributed by atoms with Gasteiger partial charge in [-0.1, -0.05) is 46.3 Å². The fourth-order valence-corrected chi connectivity index (χ4v) is 4.22.